The van der Waals surface area contributed by atoms with Crippen LogP contribution in [0.5, 0.6) is 0 Å². The molecule has 0 aliphatic heterocycles. The van der Waals surface area contributed by atoms with Crippen LogP contribution < -0.4 is 0 Å². The molecule has 242 valence electrons. The lowest BCUT2D eigenvalue weighted by molar-refractivity contribution is -0.450. The van der Waals surface area contributed by atoms with Crippen molar-refractivity contribution < 1.29 is 19.1 Å². The van der Waals surface area contributed by atoms with Crippen molar-refractivity contribution in [2.24, 2.45) is 67.0 Å². The summed E-state index contributed by atoms with van der Waals surface area (Å²) in [5, 5.41) is 0. The van der Waals surface area contributed by atoms with Crippen molar-refractivity contribution in [2.45, 2.75) is 146 Å². The van der Waals surface area contributed by atoms with Crippen LogP contribution in [-0.2, 0) is 19.1 Å². The van der Waals surface area contributed by atoms with E-state index in [0.717, 1.165) is 30.1 Å². The molecule has 9 aliphatic carbocycles. The van der Waals surface area contributed by atoms with Crippen LogP contribution in [-0.4, -0.2) is 24.1 Å². The second kappa shape index (κ2) is 8.93. The Hall–Kier alpha value is -1.32. The average Bonchev–Trinajstić information content (AvgIpc) is 2.89. The van der Waals surface area contributed by atoms with Crippen molar-refractivity contribution in [3.8, 4) is 0 Å². The van der Waals surface area contributed by atoms with Gasteiger partial charge in [0.2, 0.25) is 0 Å². The quantitative estimate of drug-likeness (QED) is 0.227. The zero-order valence-corrected chi connectivity index (χ0v) is 29.7. The topological polar surface area (TPSA) is 52.6 Å². The van der Waals surface area contributed by atoms with E-state index in [2.05, 4.69) is 68.4 Å². The molecule has 0 radical (unpaired) electrons. The minimum Gasteiger partial charge on any atom is -0.457 e. The van der Waals surface area contributed by atoms with Crippen LogP contribution in [0, 0.1) is 67.0 Å². The highest BCUT2D eigenvalue weighted by molar-refractivity contribution is 5.84. The maximum Gasteiger partial charge on any atom is 0.344 e. The molecule has 0 aromatic carbocycles. The number of ether oxygens (including phenoxy) is 2. The van der Waals surface area contributed by atoms with Gasteiger partial charge in [0.1, 0.15) is 5.60 Å². The fraction of sp³-hybridized carbons (Fsp3) is 0.897. The molecule has 43 heavy (non-hydrogen) atoms. The summed E-state index contributed by atoms with van der Waals surface area (Å²) in [4.78, 5) is 25.4. The van der Waals surface area contributed by atoms with Gasteiger partial charge in [0.15, 0.2) is 6.61 Å². The van der Waals surface area contributed by atoms with E-state index in [-0.39, 0.29) is 39.1 Å². The third kappa shape index (κ3) is 3.41. The van der Waals surface area contributed by atoms with Gasteiger partial charge < -0.3 is 9.47 Å². The largest absolute Gasteiger partial charge is 0.457 e. The summed E-state index contributed by atoms with van der Waals surface area (Å²) in [5.41, 5.74) is 0.966. The number of allylic oxidation sites excluding steroid dienone is 1. The second-order valence-electron chi connectivity index (χ2n) is 19.5. The van der Waals surface area contributed by atoms with Crippen LogP contribution in [0.15, 0.2) is 12.2 Å². The zero-order valence-electron chi connectivity index (χ0n) is 29.7. The SMILES string of the molecule is CC1CCC2CC1(C1(C)CCC3CC1(C14CC(CCC1(C)C=CC(=O)OCC(=O)OC(C)(C)C)C4(C)C)C3(C)C)C2(C)C. The number of carbonyl (C=O) groups is 2. The Morgan fingerprint density at radius 3 is 1.84 bits per heavy atom. The number of rotatable bonds is 6. The van der Waals surface area contributed by atoms with Gasteiger partial charge in [-0.2, -0.15) is 0 Å². The molecule has 4 nitrogen and oxygen atoms in total. The highest BCUT2D eigenvalue weighted by Gasteiger charge is 2.90. The van der Waals surface area contributed by atoms with Gasteiger partial charge in [0, 0.05) is 6.08 Å². The normalized spacial score (nSPS) is 48.4. The molecular formula is C39H62O4. The fourth-order valence-corrected chi connectivity index (χ4v) is 15.1. The molecule has 9 saturated carbocycles. The summed E-state index contributed by atoms with van der Waals surface area (Å²) in [6.07, 6.45) is 15.8. The summed E-state index contributed by atoms with van der Waals surface area (Å²) in [5.74, 6) is 2.19. The smallest absolute Gasteiger partial charge is 0.344 e. The molecule has 0 aromatic rings. The molecule has 9 rings (SSSR count). The van der Waals surface area contributed by atoms with Crippen molar-refractivity contribution in [3.63, 3.8) is 0 Å². The lowest BCUT2D eigenvalue weighted by Gasteiger charge is -2.93. The maximum atomic E-state index is 13.1. The molecule has 0 amide bonds. The Balaban J connectivity index is 1.42. The summed E-state index contributed by atoms with van der Waals surface area (Å²) in [6.45, 7) is 28.8. The molecule has 9 fully saturated rings. The minimum absolute atomic E-state index is 0.0973. The zero-order chi connectivity index (χ0) is 31.9. The summed E-state index contributed by atoms with van der Waals surface area (Å²) in [6, 6.07) is 0. The van der Waals surface area contributed by atoms with Crippen molar-refractivity contribution in [1.29, 1.82) is 0 Å². The molecular weight excluding hydrogens is 532 g/mol. The predicted octanol–water partition coefficient (Wildman–Crippen LogP) is 9.56. The summed E-state index contributed by atoms with van der Waals surface area (Å²) >= 11 is 0. The van der Waals surface area contributed by atoms with Gasteiger partial charge in [-0.15, -0.1) is 0 Å². The van der Waals surface area contributed by atoms with Gasteiger partial charge >= 0.3 is 11.9 Å². The van der Waals surface area contributed by atoms with Crippen LogP contribution >= 0.6 is 0 Å². The molecule has 9 atom stereocenters. The molecule has 0 spiro atoms. The molecule has 0 heterocycles. The van der Waals surface area contributed by atoms with E-state index in [1.54, 1.807) is 6.08 Å². The van der Waals surface area contributed by atoms with E-state index >= 15 is 0 Å². The van der Waals surface area contributed by atoms with Crippen LogP contribution in [0.4, 0.5) is 0 Å². The van der Waals surface area contributed by atoms with Crippen LogP contribution in [0.1, 0.15) is 141 Å². The van der Waals surface area contributed by atoms with Gasteiger partial charge in [-0.05, 0) is 146 Å². The fourth-order valence-electron chi connectivity index (χ4n) is 15.1. The van der Waals surface area contributed by atoms with Crippen molar-refractivity contribution in [2.75, 3.05) is 6.61 Å². The lowest BCUT2D eigenvalue weighted by Crippen LogP contribution is -2.87. The monoisotopic (exact) mass is 594 g/mol. The van der Waals surface area contributed by atoms with E-state index in [9.17, 15) is 9.59 Å². The first-order valence-electron chi connectivity index (χ1n) is 17.7. The number of hydrogen-bond donors (Lipinski definition) is 0. The van der Waals surface area contributed by atoms with E-state index in [4.69, 9.17) is 9.47 Å². The summed E-state index contributed by atoms with van der Waals surface area (Å²) < 4.78 is 10.8. The highest BCUT2D eigenvalue weighted by atomic mass is 16.6. The lowest BCUT2D eigenvalue weighted by atomic mass is 9.11. The van der Waals surface area contributed by atoms with Crippen LogP contribution in [0.3, 0.4) is 0 Å². The Labute approximate surface area is 262 Å². The number of esters is 2. The third-order valence-corrected chi connectivity index (χ3v) is 16.8. The highest BCUT2D eigenvalue weighted by Crippen LogP contribution is 2.96. The van der Waals surface area contributed by atoms with E-state index in [1.807, 2.05) is 20.8 Å². The molecule has 6 bridgehead atoms. The maximum absolute atomic E-state index is 13.1. The Morgan fingerprint density at radius 2 is 1.30 bits per heavy atom. The Kier molecular flexibility index (Phi) is 6.58. The van der Waals surface area contributed by atoms with E-state index in [0.29, 0.717) is 10.8 Å². The average molecular weight is 595 g/mol. The third-order valence-electron chi connectivity index (χ3n) is 16.8. The minimum atomic E-state index is -0.600. The Morgan fingerprint density at radius 1 is 0.744 bits per heavy atom. The molecule has 9 aliphatic rings. The molecule has 0 aromatic heterocycles. The molecule has 4 heteroatoms. The number of fused-ring (bicyclic) bond motifs is 6. The van der Waals surface area contributed by atoms with Gasteiger partial charge in [-0.1, -0.05) is 68.4 Å². The number of hydrogen-bond acceptors (Lipinski definition) is 4. The van der Waals surface area contributed by atoms with Crippen molar-refractivity contribution >= 4 is 11.9 Å². The van der Waals surface area contributed by atoms with E-state index in [1.165, 1.54) is 51.4 Å². The van der Waals surface area contributed by atoms with E-state index < -0.39 is 17.5 Å². The van der Waals surface area contributed by atoms with Crippen LogP contribution in [0.2, 0.25) is 0 Å². The van der Waals surface area contributed by atoms with Gasteiger partial charge in [0.05, 0.1) is 0 Å². The molecule has 0 saturated heterocycles. The van der Waals surface area contributed by atoms with Crippen molar-refractivity contribution in [1.82, 2.24) is 0 Å². The van der Waals surface area contributed by atoms with Gasteiger partial charge in [-0.3, -0.25) is 0 Å². The summed E-state index contributed by atoms with van der Waals surface area (Å²) in [7, 11) is 0. The van der Waals surface area contributed by atoms with Crippen molar-refractivity contribution in [3.05, 3.63) is 12.2 Å². The first-order valence-corrected chi connectivity index (χ1v) is 17.7. The first kappa shape index (κ1) is 31.7. The number of carbonyl (C=O) groups excluding carboxylic acids is 2. The second-order valence-corrected chi connectivity index (χ2v) is 19.5. The Bertz CT molecular complexity index is 1230. The molecule has 9 unspecified atom stereocenters. The van der Waals surface area contributed by atoms with Crippen LogP contribution in [0.25, 0.3) is 0 Å². The van der Waals surface area contributed by atoms with Gasteiger partial charge in [-0.25, -0.2) is 9.59 Å². The molecule has 0 N–H and O–H groups in total. The first-order chi connectivity index (χ1) is 19.6. The predicted molar refractivity (Wildman–Crippen MR) is 172 cm³/mol. The van der Waals surface area contributed by atoms with Gasteiger partial charge in [0.25, 0.3) is 0 Å². The standard InChI is InChI=1S/C39H62O4/c1-25-13-14-26-21-37(25,32(26,5)6)36(12)20-16-28-23-39(36,34(28,9)10)38-22-27(33(38,7)8)15-18-35(38,11)19-17-29(40)42-24-30(41)43-31(2,3)4/h17,19,25-28H,13-16,18,20-24H2,1-12H3.